The van der Waals surface area contributed by atoms with Gasteiger partial charge in [-0.05, 0) is 26.0 Å². The zero-order valence-corrected chi connectivity index (χ0v) is 15.5. The fourth-order valence-electron chi connectivity index (χ4n) is 3.18. The molecule has 0 bridgehead atoms. The van der Waals surface area contributed by atoms with Gasteiger partial charge in [0.15, 0.2) is 0 Å². The van der Waals surface area contributed by atoms with E-state index in [4.69, 9.17) is 0 Å². The van der Waals surface area contributed by atoms with Crippen LogP contribution in [0, 0.1) is 0 Å². The minimum absolute atomic E-state index is 0. The second kappa shape index (κ2) is 8.34. The molecule has 6 heteroatoms. The van der Waals surface area contributed by atoms with E-state index in [1.807, 2.05) is 11.0 Å². The minimum atomic E-state index is 0. The molecule has 4 nitrogen and oxygen atoms in total. The van der Waals surface area contributed by atoms with Gasteiger partial charge in [-0.25, -0.2) is 0 Å². The predicted octanol–water partition coefficient (Wildman–Crippen LogP) is 2.14. The molecule has 2 aliphatic rings. The largest absolute Gasteiger partial charge is 0.339 e. The first-order chi connectivity index (χ1) is 10.1. The second-order valence-corrected chi connectivity index (χ2v) is 6.62. The molecule has 0 aromatic heterocycles. The Morgan fingerprint density at radius 2 is 1.78 bits per heavy atom. The molecule has 23 heavy (non-hydrogen) atoms. The quantitative estimate of drug-likeness (QED) is 0.894. The van der Waals surface area contributed by atoms with Crippen LogP contribution in [0.15, 0.2) is 30.3 Å². The van der Waals surface area contributed by atoms with Crippen LogP contribution < -0.4 is 5.32 Å². The number of carbonyl (C=O) groups is 1. The summed E-state index contributed by atoms with van der Waals surface area (Å²) >= 11 is 0. The first-order valence-electron chi connectivity index (χ1n) is 7.85. The van der Waals surface area contributed by atoms with Gasteiger partial charge in [-0.15, -0.1) is 24.8 Å². The van der Waals surface area contributed by atoms with Crippen molar-refractivity contribution in [1.29, 1.82) is 0 Å². The van der Waals surface area contributed by atoms with Crippen LogP contribution in [0.4, 0.5) is 0 Å². The maximum atomic E-state index is 12.3. The highest BCUT2D eigenvalue weighted by atomic mass is 35.5. The molecule has 0 spiro atoms. The topological polar surface area (TPSA) is 35.6 Å². The fraction of sp³-hybridized carbons (Fsp3) is 0.588. The standard InChI is InChI=1S/C17H25N3O.2ClH/c1-17(12-15(17)14-6-4-3-5-7-14)18-13-16(21)20-10-8-19(2)9-11-20;;/h3-7,15,18H,8-13H2,1-2H3;2*1H/t15-,17+;;/m0../s1. The lowest BCUT2D eigenvalue weighted by Crippen LogP contribution is -2.50. The third-order valence-corrected chi connectivity index (χ3v) is 4.94. The van der Waals surface area contributed by atoms with Crippen molar-refractivity contribution >= 4 is 30.7 Å². The van der Waals surface area contributed by atoms with Gasteiger partial charge in [-0.2, -0.15) is 0 Å². The van der Waals surface area contributed by atoms with Gasteiger partial charge < -0.3 is 15.1 Å². The van der Waals surface area contributed by atoms with Crippen LogP contribution in [-0.4, -0.2) is 61.0 Å². The van der Waals surface area contributed by atoms with E-state index in [9.17, 15) is 4.79 Å². The van der Waals surface area contributed by atoms with Crippen LogP contribution in [0.1, 0.15) is 24.8 Å². The summed E-state index contributed by atoms with van der Waals surface area (Å²) in [7, 11) is 2.11. The van der Waals surface area contributed by atoms with Gasteiger partial charge in [-0.1, -0.05) is 30.3 Å². The van der Waals surface area contributed by atoms with Crippen LogP contribution in [0.3, 0.4) is 0 Å². The molecule has 1 heterocycles. The van der Waals surface area contributed by atoms with Crippen molar-refractivity contribution in [2.24, 2.45) is 0 Å². The molecular weight excluding hydrogens is 333 g/mol. The van der Waals surface area contributed by atoms with Crippen molar-refractivity contribution in [1.82, 2.24) is 15.1 Å². The highest BCUT2D eigenvalue weighted by Crippen LogP contribution is 2.50. The van der Waals surface area contributed by atoms with E-state index in [2.05, 4.69) is 48.5 Å². The molecule has 0 radical (unpaired) electrons. The summed E-state index contributed by atoms with van der Waals surface area (Å²) in [5, 5.41) is 3.49. The van der Waals surface area contributed by atoms with Crippen molar-refractivity contribution in [3.05, 3.63) is 35.9 Å². The zero-order chi connectivity index (χ0) is 14.9. The second-order valence-electron chi connectivity index (χ2n) is 6.62. The molecular formula is C17H27Cl2N3O. The zero-order valence-electron chi connectivity index (χ0n) is 13.8. The summed E-state index contributed by atoms with van der Waals surface area (Å²) in [5.41, 5.74) is 1.46. The van der Waals surface area contributed by atoms with Crippen molar-refractivity contribution in [3.8, 4) is 0 Å². The lowest BCUT2D eigenvalue weighted by molar-refractivity contribution is -0.131. The Hall–Kier alpha value is -0.810. The molecule has 130 valence electrons. The van der Waals surface area contributed by atoms with E-state index < -0.39 is 0 Å². The summed E-state index contributed by atoms with van der Waals surface area (Å²) in [6.45, 7) is 6.36. The molecule has 1 saturated carbocycles. The molecule has 1 saturated heterocycles. The Morgan fingerprint density at radius 3 is 2.39 bits per heavy atom. The summed E-state index contributed by atoms with van der Waals surface area (Å²) < 4.78 is 0. The third-order valence-electron chi connectivity index (χ3n) is 4.94. The average Bonchev–Trinajstić information content (AvgIpc) is 3.19. The molecule has 0 unspecified atom stereocenters. The SMILES string of the molecule is CN1CCN(C(=O)CN[C@]2(C)C[C@H]2c2ccccc2)CC1.Cl.Cl. The monoisotopic (exact) mass is 359 g/mol. The molecule has 1 aliphatic heterocycles. The number of amides is 1. The Balaban J connectivity index is 0.00000132. The van der Waals surface area contributed by atoms with Crippen LogP contribution in [-0.2, 0) is 4.79 Å². The lowest BCUT2D eigenvalue weighted by atomic mass is 10.1. The number of halogens is 2. The number of hydrogen-bond donors (Lipinski definition) is 1. The van der Waals surface area contributed by atoms with Crippen LogP contribution in [0.25, 0.3) is 0 Å². The molecule has 1 aromatic carbocycles. The summed E-state index contributed by atoms with van der Waals surface area (Å²) in [4.78, 5) is 16.5. The van der Waals surface area contributed by atoms with Crippen LogP contribution >= 0.6 is 24.8 Å². The van der Waals surface area contributed by atoms with E-state index >= 15 is 0 Å². The van der Waals surface area contributed by atoms with Gasteiger partial charge in [0.2, 0.25) is 5.91 Å². The van der Waals surface area contributed by atoms with E-state index in [1.54, 1.807) is 0 Å². The molecule has 1 N–H and O–H groups in total. The molecule has 2 fully saturated rings. The highest BCUT2D eigenvalue weighted by molar-refractivity contribution is 5.85. The van der Waals surface area contributed by atoms with E-state index in [0.29, 0.717) is 12.5 Å². The number of piperazine rings is 1. The molecule has 1 aliphatic carbocycles. The minimum Gasteiger partial charge on any atom is -0.339 e. The lowest BCUT2D eigenvalue weighted by Gasteiger charge is -2.32. The molecule has 1 aromatic rings. The van der Waals surface area contributed by atoms with Gasteiger partial charge in [0.1, 0.15) is 0 Å². The van der Waals surface area contributed by atoms with Crippen molar-refractivity contribution < 1.29 is 4.79 Å². The fourth-order valence-corrected chi connectivity index (χ4v) is 3.18. The third kappa shape index (κ3) is 4.83. The van der Waals surface area contributed by atoms with Crippen molar-refractivity contribution in [2.75, 3.05) is 39.8 Å². The van der Waals surface area contributed by atoms with E-state index in [1.165, 1.54) is 5.56 Å². The highest BCUT2D eigenvalue weighted by Gasteiger charge is 2.50. The normalized spacial score (nSPS) is 26.9. The Bertz CT molecular complexity index is 506. The Labute approximate surface area is 151 Å². The van der Waals surface area contributed by atoms with Crippen LogP contribution in [0.5, 0.6) is 0 Å². The van der Waals surface area contributed by atoms with E-state index in [-0.39, 0.29) is 36.3 Å². The van der Waals surface area contributed by atoms with Crippen molar-refractivity contribution in [3.63, 3.8) is 0 Å². The van der Waals surface area contributed by atoms with Crippen molar-refractivity contribution in [2.45, 2.75) is 24.8 Å². The number of carbonyl (C=O) groups excluding carboxylic acids is 1. The maximum absolute atomic E-state index is 12.3. The summed E-state index contributed by atoms with van der Waals surface area (Å²) in [5.74, 6) is 0.780. The first kappa shape index (κ1) is 20.2. The van der Waals surface area contributed by atoms with Gasteiger partial charge in [0.25, 0.3) is 0 Å². The Kier molecular flexibility index (Phi) is 7.33. The molecule has 3 rings (SSSR count). The predicted molar refractivity (Wildman–Crippen MR) is 98.8 cm³/mol. The number of rotatable bonds is 4. The molecule has 1 amide bonds. The molecule has 2 atom stereocenters. The number of nitrogens with zero attached hydrogens (tertiary/aromatic N) is 2. The average molecular weight is 360 g/mol. The van der Waals surface area contributed by atoms with Crippen LogP contribution in [0.2, 0.25) is 0 Å². The van der Waals surface area contributed by atoms with Gasteiger partial charge in [-0.3, -0.25) is 4.79 Å². The smallest absolute Gasteiger partial charge is 0.236 e. The number of benzene rings is 1. The first-order valence-corrected chi connectivity index (χ1v) is 7.85. The van der Waals surface area contributed by atoms with Gasteiger partial charge in [0.05, 0.1) is 6.54 Å². The van der Waals surface area contributed by atoms with Gasteiger partial charge in [0, 0.05) is 37.6 Å². The van der Waals surface area contributed by atoms with E-state index in [0.717, 1.165) is 32.6 Å². The number of hydrogen-bond acceptors (Lipinski definition) is 3. The van der Waals surface area contributed by atoms with Gasteiger partial charge >= 0.3 is 0 Å². The number of nitrogens with one attached hydrogen (secondary N) is 1. The number of likely N-dealkylation sites (N-methyl/N-ethyl adjacent to an activating group) is 1. The maximum Gasteiger partial charge on any atom is 0.236 e. The summed E-state index contributed by atoms with van der Waals surface area (Å²) in [6, 6.07) is 10.6. The summed E-state index contributed by atoms with van der Waals surface area (Å²) in [6.07, 6.45) is 1.12. The Morgan fingerprint density at radius 1 is 1.17 bits per heavy atom.